The predicted molar refractivity (Wildman–Crippen MR) is 401 cm³/mol. The summed E-state index contributed by atoms with van der Waals surface area (Å²) in [5, 5.41) is 34.7. The molecule has 38 heteroatoms. The first kappa shape index (κ1) is 86.7. The number of carboxylic acid groups (broad SMARTS) is 3. The van der Waals surface area contributed by atoms with Gasteiger partial charge in [-0.15, -0.1) is 0 Å². The number of carbonyl (C=O) groups is 9. The monoisotopic (exact) mass is 1640 g/mol. The maximum atomic E-state index is 13.6. The summed E-state index contributed by atoms with van der Waals surface area (Å²) in [6.45, 7) is 8.36. The fourth-order valence-electron chi connectivity index (χ4n) is 13.6. The van der Waals surface area contributed by atoms with Crippen LogP contribution in [0.15, 0.2) is 54.6 Å². The van der Waals surface area contributed by atoms with Crippen LogP contribution in [0.4, 0.5) is 14.4 Å². The molecule has 6 aliphatic heterocycles. The molecule has 0 aromatic heterocycles. The van der Waals surface area contributed by atoms with Gasteiger partial charge in [0.2, 0.25) is 27.7 Å². The van der Waals surface area contributed by atoms with Gasteiger partial charge in [0.25, 0.3) is 0 Å². The number of hydrogen-bond acceptors (Lipinski definition) is 19. The van der Waals surface area contributed by atoms with E-state index in [-0.39, 0.29) is 119 Å². The number of likely N-dealkylation sites (tertiary alicyclic amines) is 3. The molecule has 0 bridgehead atoms. The molecular formula is C68H92Cl6N12O18S2. The average Bonchev–Trinajstić information content (AvgIpc) is 0.878. The summed E-state index contributed by atoms with van der Waals surface area (Å²) in [6.07, 6.45) is 5.65. The molecule has 6 amide bonds. The Bertz CT molecular complexity index is 3700. The molecule has 6 aliphatic rings. The zero-order valence-corrected chi connectivity index (χ0v) is 65.5. The van der Waals surface area contributed by atoms with Crippen LogP contribution in [0.25, 0.3) is 0 Å². The van der Waals surface area contributed by atoms with Gasteiger partial charge < -0.3 is 79.2 Å². The van der Waals surface area contributed by atoms with E-state index in [1.54, 1.807) is 69.3 Å². The van der Waals surface area contributed by atoms with Crippen LogP contribution in [0, 0.1) is 0 Å². The number of thiocarbonyl (C=S) groups is 1. The Morgan fingerprint density at radius 1 is 0.481 bits per heavy atom. The molecule has 6 saturated heterocycles. The number of amides is 6. The minimum Gasteiger partial charge on any atom is -0.481 e. The number of rotatable bonds is 25. The smallest absolute Gasteiger partial charge is 0.409 e. The molecule has 6 fully saturated rings. The van der Waals surface area contributed by atoms with Crippen molar-refractivity contribution >= 4 is 151 Å². The lowest BCUT2D eigenvalue weighted by Gasteiger charge is -2.46. The van der Waals surface area contributed by atoms with E-state index < -0.39 is 83.4 Å². The molecule has 3 aromatic rings. The van der Waals surface area contributed by atoms with Crippen LogP contribution in [0.3, 0.4) is 0 Å². The fourth-order valence-corrected chi connectivity index (χ4v) is 15.3. The number of carbonyl (C=O) groups excluding carboxylic acids is 6. The summed E-state index contributed by atoms with van der Waals surface area (Å²) in [4.78, 5) is 128. The van der Waals surface area contributed by atoms with Gasteiger partial charge >= 0.3 is 36.2 Å². The van der Waals surface area contributed by atoms with E-state index in [4.69, 9.17) is 111 Å². The lowest BCUT2D eigenvalue weighted by molar-refractivity contribution is -0.145. The third-order valence-electron chi connectivity index (χ3n) is 18.9. The number of carboxylic acids is 3. The standard InChI is InChI=1S/C25H33Cl2N5O7S.C22H29Cl2N3O6.C21H30Cl2N4O5S/c1-39-25(38)32-14-17(12-30-6-2-3-7-30)31(21(33)9-15-4-5-18(26)19(27)8-15)13-16(32)11-28-24(40)29-20(23(36)37)10-22(34)35;1-32-22(31)27-11-16(10-25-6-2-3-7-25)26(12-17(27)13-33-14-21(29)30)20(28)9-15-4-5-18(23)19(24)8-15;1-32-21(29)27-14-17(12-25-7-3-4-8-25)26(13-16(27)11-24-33(2,30)31)20(28)10-15-5-6-18(22)19(23)9-15/h4-5,8,16-17,20H,2-3,6-7,9-14H2,1H3,(H,34,35)(H,36,37)(H2,28,29,40);4-5,8,16-17H,2-3,6-7,9-14H2,1H3,(H,29,30);5-6,9,16-17,24H,3-4,7-8,10-14H2,1-2H3/t16-,17-,20+;2*16-,17-/m111/s1. The third kappa shape index (κ3) is 26.7. The number of halogens is 6. The highest BCUT2D eigenvalue weighted by molar-refractivity contribution is 7.88. The van der Waals surface area contributed by atoms with Crippen LogP contribution in [0.1, 0.15) is 61.6 Å². The van der Waals surface area contributed by atoms with Crippen molar-refractivity contribution in [2.75, 3.05) is 152 Å². The van der Waals surface area contributed by atoms with E-state index in [1.165, 1.54) is 36.0 Å². The van der Waals surface area contributed by atoms with Crippen LogP contribution in [-0.2, 0) is 77.0 Å². The highest BCUT2D eigenvalue weighted by Gasteiger charge is 2.44. The number of nitrogens with one attached hydrogen (secondary N) is 3. The quantitative estimate of drug-likeness (QED) is 0.0426. The second-order valence-electron chi connectivity index (χ2n) is 26.6. The second-order valence-corrected chi connectivity index (χ2v) is 31.3. The van der Waals surface area contributed by atoms with Crippen molar-refractivity contribution < 1.29 is 85.8 Å². The van der Waals surface area contributed by atoms with Crippen molar-refractivity contribution in [3.8, 4) is 0 Å². The fraction of sp³-hybridized carbons (Fsp3) is 0.588. The topological polar surface area (TPSA) is 351 Å². The zero-order valence-electron chi connectivity index (χ0n) is 59.3. The van der Waals surface area contributed by atoms with E-state index in [2.05, 4.69) is 30.1 Å². The zero-order chi connectivity index (χ0) is 77.5. The number of piperazine rings is 3. The van der Waals surface area contributed by atoms with Gasteiger partial charge in [-0.1, -0.05) is 87.8 Å². The van der Waals surface area contributed by atoms with E-state index in [0.717, 1.165) is 95.2 Å². The van der Waals surface area contributed by atoms with Crippen LogP contribution in [0.2, 0.25) is 30.1 Å². The summed E-state index contributed by atoms with van der Waals surface area (Å²) >= 11 is 41.6. The first-order valence-electron chi connectivity index (χ1n) is 34.5. The summed E-state index contributed by atoms with van der Waals surface area (Å²) in [7, 11) is 0.396. The SMILES string of the molecule is COC(=O)N1C[C@@H](CN2CCCC2)N(C(=O)Cc2ccc(Cl)c(Cl)c2)C[C@@H]1COCC(=O)O.COC(=O)N1C[C@@H](CN2CCCC2)N(C(=O)Cc2ccc(Cl)c(Cl)c2)C[C@H]1CNC(=S)N[C@@H](CC(=O)O)C(=O)O.COC(=O)N1C[C@@H](CN2CCCC2)N(C(=O)Cc2ccc(Cl)c(Cl)c2)C[C@H]1CNS(C)(=O)=O. The first-order chi connectivity index (χ1) is 50.3. The molecule has 3 aromatic carbocycles. The van der Waals surface area contributed by atoms with Gasteiger partial charge in [-0.2, -0.15) is 0 Å². The molecule has 6 N–H and O–H groups in total. The van der Waals surface area contributed by atoms with E-state index in [1.807, 2.05) is 0 Å². The summed E-state index contributed by atoms with van der Waals surface area (Å²) in [5.74, 6) is -4.15. The van der Waals surface area contributed by atoms with Gasteiger partial charge in [0.05, 0.1) is 126 Å². The first-order valence-corrected chi connectivity index (χ1v) is 39.0. The molecular weight excluding hydrogens is 1550 g/mol. The van der Waals surface area contributed by atoms with E-state index in [0.29, 0.717) is 55.3 Å². The molecule has 6 heterocycles. The molecule has 9 rings (SSSR count). The number of methoxy groups -OCH3 is 3. The molecule has 106 heavy (non-hydrogen) atoms. The van der Waals surface area contributed by atoms with Gasteiger partial charge in [-0.05, 0) is 143 Å². The highest BCUT2D eigenvalue weighted by Crippen LogP contribution is 2.30. The minimum atomic E-state index is -3.47. The van der Waals surface area contributed by atoms with Crippen LogP contribution in [0.5, 0.6) is 0 Å². The Hall–Kier alpha value is -6.53. The number of ether oxygens (including phenoxy) is 4. The Morgan fingerprint density at radius 2 is 0.811 bits per heavy atom. The maximum Gasteiger partial charge on any atom is 0.409 e. The van der Waals surface area contributed by atoms with Crippen molar-refractivity contribution in [3.05, 3.63) is 101 Å². The van der Waals surface area contributed by atoms with E-state index in [9.17, 15) is 56.7 Å². The van der Waals surface area contributed by atoms with Crippen LogP contribution >= 0.6 is 81.8 Å². The van der Waals surface area contributed by atoms with Crippen molar-refractivity contribution in [1.82, 2.24) is 59.5 Å². The largest absolute Gasteiger partial charge is 0.481 e. The number of sulfonamides is 1. The van der Waals surface area contributed by atoms with Crippen molar-refractivity contribution in [2.24, 2.45) is 0 Å². The third-order valence-corrected chi connectivity index (χ3v) is 22.1. The van der Waals surface area contributed by atoms with Crippen LogP contribution in [-0.4, -0.2) is 321 Å². The number of aliphatic carboxylic acids is 3. The van der Waals surface area contributed by atoms with Crippen molar-refractivity contribution in [2.45, 2.75) is 107 Å². The normalized spacial score (nSPS) is 21.0. The lowest BCUT2D eigenvalue weighted by Crippen LogP contribution is -2.66. The molecule has 0 radical (unpaired) electrons. The molecule has 0 spiro atoms. The minimum absolute atomic E-state index is 0.0130. The van der Waals surface area contributed by atoms with Gasteiger partial charge in [0.15, 0.2) is 5.11 Å². The Morgan fingerprint density at radius 3 is 1.12 bits per heavy atom. The second kappa shape index (κ2) is 41.9. The average molecular weight is 1640 g/mol. The molecule has 30 nitrogen and oxygen atoms in total. The maximum absolute atomic E-state index is 13.6. The predicted octanol–water partition coefficient (Wildman–Crippen LogP) is 5.88. The summed E-state index contributed by atoms with van der Waals surface area (Å²) in [5.41, 5.74) is 2.17. The van der Waals surface area contributed by atoms with Crippen molar-refractivity contribution in [1.29, 1.82) is 0 Å². The lowest BCUT2D eigenvalue weighted by atomic mass is 10.0. The summed E-state index contributed by atoms with van der Waals surface area (Å²) < 4.78 is 46.0. The van der Waals surface area contributed by atoms with Gasteiger partial charge in [-0.3, -0.25) is 29.0 Å². The molecule has 0 unspecified atom stereocenters. The van der Waals surface area contributed by atoms with Gasteiger partial charge in [0.1, 0.15) is 12.6 Å². The highest BCUT2D eigenvalue weighted by atomic mass is 35.5. The number of hydrogen-bond donors (Lipinski definition) is 6. The molecule has 0 aliphatic carbocycles. The Balaban J connectivity index is 0.000000223. The number of nitrogens with zero attached hydrogens (tertiary/aromatic N) is 9. The van der Waals surface area contributed by atoms with Crippen LogP contribution < -0.4 is 15.4 Å². The van der Waals surface area contributed by atoms with E-state index >= 15 is 0 Å². The van der Waals surface area contributed by atoms with Crippen molar-refractivity contribution in [3.63, 3.8) is 0 Å². The molecule has 586 valence electrons. The number of benzene rings is 3. The molecule has 7 atom stereocenters. The Kier molecular flexibility index (Phi) is 34.3. The Labute approximate surface area is 651 Å². The molecule has 0 saturated carbocycles. The summed E-state index contributed by atoms with van der Waals surface area (Å²) in [6, 6.07) is 11.4. The van der Waals surface area contributed by atoms with Gasteiger partial charge in [0, 0.05) is 72.0 Å². The van der Waals surface area contributed by atoms with Gasteiger partial charge in [-0.25, -0.2) is 37.1 Å².